The molecule has 1 fully saturated rings. The number of likely N-dealkylation sites (tertiary alicyclic amines) is 1. The summed E-state index contributed by atoms with van der Waals surface area (Å²) >= 11 is 0. The Balaban J connectivity index is 2.54. The van der Waals surface area contributed by atoms with Gasteiger partial charge in [-0.1, -0.05) is 0 Å². The molecular formula is C13H27N3O2. The molecule has 5 heteroatoms. The first-order chi connectivity index (χ1) is 8.19. The van der Waals surface area contributed by atoms with Crippen LogP contribution in [0.5, 0.6) is 0 Å². The predicted octanol–water partition coefficient (Wildman–Crippen LogP) is 0.0273. The van der Waals surface area contributed by atoms with Crippen LogP contribution in [0, 0.1) is 0 Å². The zero-order chi connectivity index (χ0) is 13.9. The molecular weight excluding hydrogens is 230 g/mol. The Kier molecular flexibility index (Phi) is 5.13. The third-order valence-electron chi connectivity index (χ3n) is 3.27. The van der Waals surface area contributed by atoms with Crippen molar-refractivity contribution in [1.82, 2.24) is 9.80 Å². The van der Waals surface area contributed by atoms with E-state index in [1.807, 2.05) is 32.8 Å². The zero-order valence-corrected chi connectivity index (χ0v) is 12.0. The van der Waals surface area contributed by atoms with E-state index in [4.69, 9.17) is 5.73 Å². The Morgan fingerprint density at radius 3 is 2.61 bits per heavy atom. The highest BCUT2D eigenvalue weighted by atomic mass is 16.3. The second kappa shape index (κ2) is 5.99. The van der Waals surface area contributed by atoms with Gasteiger partial charge in [-0.3, -0.25) is 4.79 Å². The van der Waals surface area contributed by atoms with Crippen LogP contribution in [-0.2, 0) is 4.79 Å². The number of carbonyl (C=O) groups is 1. The van der Waals surface area contributed by atoms with Gasteiger partial charge in [0.05, 0.1) is 6.10 Å². The number of aliphatic hydroxyl groups excluding tert-OH is 1. The predicted molar refractivity (Wildman–Crippen MR) is 72.2 cm³/mol. The molecule has 0 saturated carbocycles. The number of rotatable bonds is 5. The molecule has 0 aliphatic carbocycles. The van der Waals surface area contributed by atoms with Gasteiger partial charge >= 0.3 is 0 Å². The van der Waals surface area contributed by atoms with Crippen molar-refractivity contribution in [3.63, 3.8) is 0 Å². The summed E-state index contributed by atoms with van der Waals surface area (Å²) in [6.45, 7) is 5.12. The van der Waals surface area contributed by atoms with E-state index in [9.17, 15) is 9.90 Å². The second-order valence-electron chi connectivity index (χ2n) is 6.34. The summed E-state index contributed by atoms with van der Waals surface area (Å²) in [7, 11) is 3.96. The van der Waals surface area contributed by atoms with Crippen LogP contribution in [0.2, 0.25) is 0 Å². The SMILES string of the molecule is CN(C)CC1CC(O)CN1C(=O)CCC(C)(C)N. The van der Waals surface area contributed by atoms with Crippen LogP contribution in [0.4, 0.5) is 0 Å². The number of carbonyl (C=O) groups excluding carboxylic acids is 1. The summed E-state index contributed by atoms with van der Waals surface area (Å²) < 4.78 is 0. The topological polar surface area (TPSA) is 69.8 Å². The molecule has 2 atom stereocenters. The average Bonchev–Trinajstić information content (AvgIpc) is 2.53. The number of hydrogen-bond donors (Lipinski definition) is 2. The highest BCUT2D eigenvalue weighted by Gasteiger charge is 2.34. The molecule has 0 aromatic heterocycles. The maximum absolute atomic E-state index is 12.2. The molecule has 3 N–H and O–H groups in total. The molecule has 0 aromatic rings. The van der Waals surface area contributed by atoms with Gasteiger partial charge in [-0.2, -0.15) is 0 Å². The summed E-state index contributed by atoms with van der Waals surface area (Å²) in [5.41, 5.74) is 5.58. The maximum atomic E-state index is 12.2. The van der Waals surface area contributed by atoms with Crippen LogP contribution in [-0.4, -0.2) is 65.7 Å². The highest BCUT2D eigenvalue weighted by Crippen LogP contribution is 2.21. The molecule has 0 bridgehead atoms. The van der Waals surface area contributed by atoms with Gasteiger partial charge in [0.25, 0.3) is 0 Å². The summed E-state index contributed by atoms with van der Waals surface area (Å²) in [6.07, 6.45) is 1.42. The fourth-order valence-corrected chi connectivity index (χ4v) is 2.36. The summed E-state index contributed by atoms with van der Waals surface area (Å²) in [6, 6.07) is 0.128. The number of nitrogens with two attached hydrogens (primary N) is 1. The van der Waals surface area contributed by atoms with Gasteiger partial charge in [-0.15, -0.1) is 0 Å². The number of likely N-dealkylation sites (N-methyl/N-ethyl adjacent to an activating group) is 1. The van der Waals surface area contributed by atoms with E-state index in [2.05, 4.69) is 4.90 Å². The van der Waals surface area contributed by atoms with Crippen molar-refractivity contribution >= 4 is 5.91 Å². The van der Waals surface area contributed by atoms with Gasteiger partial charge in [0.1, 0.15) is 0 Å². The van der Waals surface area contributed by atoms with E-state index in [0.717, 1.165) is 6.54 Å². The van der Waals surface area contributed by atoms with Crippen molar-refractivity contribution in [1.29, 1.82) is 0 Å². The van der Waals surface area contributed by atoms with Crippen LogP contribution < -0.4 is 5.73 Å². The first kappa shape index (κ1) is 15.4. The molecule has 106 valence electrons. The zero-order valence-electron chi connectivity index (χ0n) is 12.0. The van der Waals surface area contributed by atoms with Crippen LogP contribution in [0.1, 0.15) is 33.1 Å². The number of hydrogen-bond acceptors (Lipinski definition) is 4. The molecule has 2 unspecified atom stereocenters. The smallest absolute Gasteiger partial charge is 0.223 e. The van der Waals surface area contributed by atoms with Gasteiger partial charge in [-0.25, -0.2) is 0 Å². The summed E-state index contributed by atoms with van der Waals surface area (Å²) in [5.74, 6) is 0.108. The van der Waals surface area contributed by atoms with E-state index >= 15 is 0 Å². The maximum Gasteiger partial charge on any atom is 0.223 e. The molecule has 1 rings (SSSR count). The van der Waals surface area contributed by atoms with E-state index < -0.39 is 0 Å². The number of β-amino-alcohol motifs (C(OH)–C–C–N with tert-alkyl or cyclic N) is 1. The van der Waals surface area contributed by atoms with Crippen molar-refractivity contribution in [2.75, 3.05) is 27.2 Å². The van der Waals surface area contributed by atoms with Gasteiger partial charge in [0, 0.05) is 31.1 Å². The normalized spacial score (nSPS) is 24.9. The van der Waals surface area contributed by atoms with Crippen molar-refractivity contribution in [2.24, 2.45) is 5.73 Å². The molecule has 1 saturated heterocycles. The van der Waals surface area contributed by atoms with Crippen LogP contribution in [0.3, 0.4) is 0 Å². The average molecular weight is 257 g/mol. The largest absolute Gasteiger partial charge is 0.391 e. The quantitative estimate of drug-likeness (QED) is 0.729. The van der Waals surface area contributed by atoms with Gasteiger partial charge in [0.15, 0.2) is 0 Å². The minimum absolute atomic E-state index is 0.108. The Morgan fingerprint density at radius 2 is 2.11 bits per heavy atom. The molecule has 5 nitrogen and oxygen atoms in total. The van der Waals surface area contributed by atoms with Gasteiger partial charge in [0.2, 0.25) is 5.91 Å². The molecule has 18 heavy (non-hydrogen) atoms. The fraction of sp³-hybridized carbons (Fsp3) is 0.923. The molecule has 1 heterocycles. The first-order valence-corrected chi connectivity index (χ1v) is 6.60. The molecule has 0 aromatic carbocycles. The fourth-order valence-electron chi connectivity index (χ4n) is 2.36. The minimum Gasteiger partial charge on any atom is -0.391 e. The Bertz CT molecular complexity index is 286. The van der Waals surface area contributed by atoms with Crippen molar-refractivity contribution in [3.05, 3.63) is 0 Å². The number of amides is 1. The van der Waals surface area contributed by atoms with E-state index in [1.165, 1.54) is 0 Å². The summed E-state index contributed by atoms with van der Waals surface area (Å²) in [4.78, 5) is 16.0. The monoisotopic (exact) mass is 257 g/mol. The number of nitrogens with zero attached hydrogens (tertiary/aromatic N) is 2. The lowest BCUT2D eigenvalue weighted by Gasteiger charge is -2.28. The second-order valence-corrected chi connectivity index (χ2v) is 6.34. The minimum atomic E-state index is -0.384. The van der Waals surface area contributed by atoms with E-state index in [-0.39, 0.29) is 23.6 Å². The Morgan fingerprint density at radius 1 is 1.50 bits per heavy atom. The van der Waals surface area contributed by atoms with Crippen LogP contribution in [0.25, 0.3) is 0 Å². The van der Waals surface area contributed by atoms with Crippen LogP contribution in [0.15, 0.2) is 0 Å². The molecule has 1 aliphatic rings. The van der Waals surface area contributed by atoms with E-state index in [1.54, 1.807) is 0 Å². The molecule has 1 amide bonds. The van der Waals surface area contributed by atoms with Crippen molar-refractivity contribution in [3.8, 4) is 0 Å². The molecule has 0 radical (unpaired) electrons. The lowest BCUT2D eigenvalue weighted by atomic mass is 9.99. The lowest BCUT2D eigenvalue weighted by molar-refractivity contribution is -0.132. The summed E-state index contributed by atoms with van der Waals surface area (Å²) in [5, 5.41) is 9.72. The molecule has 0 spiro atoms. The van der Waals surface area contributed by atoms with Gasteiger partial charge < -0.3 is 20.6 Å². The highest BCUT2D eigenvalue weighted by molar-refractivity contribution is 5.77. The number of aliphatic hydroxyl groups is 1. The lowest BCUT2D eigenvalue weighted by Crippen LogP contribution is -2.42. The van der Waals surface area contributed by atoms with E-state index in [0.29, 0.717) is 25.8 Å². The third kappa shape index (κ3) is 4.92. The Labute approximate surface area is 110 Å². The van der Waals surface area contributed by atoms with Crippen LogP contribution >= 0.6 is 0 Å². The van der Waals surface area contributed by atoms with Crippen molar-refractivity contribution < 1.29 is 9.90 Å². The molecule has 1 aliphatic heterocycles. The Hall–Kier alpha value is -0.650. The standard InChI is InChI=1S/C13H27N3O2/c1-13(2,14)6-5-12(18)16-9-11(17)7-10(16)8-15(3)4/h10-11,17H,5-9,14H2,1-4H3. The first-order valence-electron chi connectivity index (χ1n) is 6.60. The van der Waals surface area contributed by atoms with Crippen molar-refractivity contribution in [2.45, 2.75) is 50.8 Å². The van der Waals surface area contributed by atoms with Gasteiger partial charge in [-0.05, 0) is 40.8 Å². The third-order valence-corrected chi connectivity index (χ3v) is 3.27.